The summed E-state index contributed by atoms with van der Waals surface area (Å²) in [4.78, 5) is 0. The van der Waals surface area contributed by atoms with E-state index in [-0.39, 0.29) is 11.6 Å². The third-order valence-electron chi connectivity index (χ3n) is 2.68. The van der Waals surface area contributed by atoms with Crippen LogP contribution in [0.1, 0.15) is 11.1 Å². The number of anilines is 1. The molecule has 5 heteroatoms. The van der Waals surface area contributed by atoms with Crippen molar-refractivity contribution in [2.24, 2.45) is 0 Å². The van der Waals surface area contributed by atoms with Crippen molar-refractivity contribution in [1.82, 2.24) is 0 Å². The highest BCUT2D eigenvalue weighted by atomic mass is 79.9. The number of rotatable bonds is 3. The zero-order valence-electron chi connectivity index (χ0n) is 10.2. The summed E-state index contributed by atoms with van der Waals surface area (Å²) in [5.41, 5.74) is 2.40. The molecule has 0 saturated heterocycles. The fraction of sp³-hybridized carbons (Fsp3) is 0.143. The maximum Gasteiger partial charge on any atom is 0.146 e. The van der Waals surface area contributed by atoms with Crippen LogP contribution in [0.4, 0.5) is 10.1 Å². The van der Waals surface area contributed by atoms with Gasteiger partial charge in [0.1, 0.15) is 11.6 Å². The van der Waals surface area contributed by atoms with Gasteiger partial charge in [0.2, 0.25) is 0 Å². The molecule has 2 aromatic carbocycles. The van der Waals surface area contributed by atoms with E-state index in [9.17, 15) is 9.50 Å². The highest BCUT2D eigenvalue weighted by molar-refractivity contribution is 9.11. The van der Waals surface area contributed by atoms with E-state index in [1.807, 2.05) is 6.92 Å². The first-order chi connectivity index (χ1) is 8.97. The van der Waals surface area contributed by atoms with Crippen LogP contribution in [-0.4, -0.2) is 5.11 Å². The molecule has 0 aromatic heterocycles. The van der Waals surface area contributed by atoms with Crippen LogP contribution in [0.5, 0.6) is 5.75 Å². The first-order valence-corrected chi connectivity index (χ1v) is 7.23. The van der Waals surface area contributed by atoms with Crippen molar-refractivity contribution < 1.29 is 9.50 Å². The van der Waals surface area contributed by atoms with Crippen LogP contribution in [0.2, 0.25) is 0 Å². The van der Waals surface area contributed by atoms with Crippen LogP contribution in [-0.2, 0) is 6.54 Å². The minimum Gasteiger partial charge on any atom is -0.506 e. The number of phenolic OH excluding ortho intramolecular Hbond substituents is 1. The van der Waals surface area contributed by atoms with Crippen molar-refractivity contribution in [3.8, 4) is 5.75 Å². The predicted molar refractivity (Wildman–Crippen MR) is 82.0 cm³/mol. The summed E-state index contributed by atoms with van der Waals surface area (Å²) < 4.78 is 14.8. The predicted octanol–water partition coefficient (Wildman–Crippen LogP) is 4.98. The van der Waals surface area contributed by atoms with Crippen molar-refractivity contribution in [2.45, 2.75) is 13.5 Å². The minimum atomic E-state index is -0.275. The molecule has 0 fully saturated rings. The first-order valence-electron chi connectivity index (χ1n) is 5.64. The fourth-order valence-corrected chi connectivity index (χ4v) is 2.97. The van der Waals surface area contributed by atoms with Gasteiger partial charge in [0.05, 0.1) is 14.6 Å². The zero-order valence-corrected chi connectivity index (χ0v) is 13.3. The largest absolute Gasteiger partial charge is 0.506 e. The highest BCUT2D eigenvalue weighted by Crippen LogP contribution is 2.33. The van der Waals surface area contributed by atoms with Crippen molar-refractivity contribution in [3.63, 3.8) is 0 Å². The smallest absolute Gasteiger partial charge is 0.146 e. The number of nitrogens with one attached hydrogen (secondary N) is 1. The van der Waals surface area contributed by atoms with Crippen LogP contribution < -0.4 is 5.32 Å². The summed E-state index contributed by atoms with van der Waals surface area (Å²) in [6, 6.07) is 8.52. The van der Waals surface area contributed by atoms with Gasteiger partial charge in [-0.05, 0) is 74.2 Å². The molecule has 0 amide bonds. The summed E-state index contributed by atoms with van der Waals surface area (Å²) in [5, 5.41) is 12.7. The second-order valence-electron chi connectivity index (χ2n) is 4.24. The van der Waals surface area contributed by atoms with Gasteiger partial charge in [0.15, 0.2) is 0 Å². The first kappa shape index (κ1) is 14.3. The van der Waals surface area contributed by atoms with Crippen molar-refractivity contribution in [2.75, 3.05) is 5.32 Å². The maximum atomic E-state index is 13.6. The van der Waals surface area contributed by atoms with Crippen molar-refractivity contribution >= 4 is 37.5 Å². The number of halogens is 3. The van der Waals surface area contributed by atoms with Gasteiger partial charge in [-0.3, -0.25) is 0 Å². The molecule has 0 aliphatic rings. The molecule has 0 aliphatic carbocycles. The Morgan fingerprint density at radius 2 is 1.79 bits per heavy atom. The van der Waals surface area contributed by atoms with Gasteiger partial charge in [0.25, 0.3) is 0 Å². The topological polar surface area (TPSA) is 32.3 Å². The minimum absolute atomic E-state index is 0.158. The molecule has 0 atom stereocenters. The maximum absolute atomic E-state index is 13.6. The Morgan fingerprint density at radius 1 is 1.16 bits per heavy atom. The summed E-state index contributed by atoms with van der Waals surface area (Å²) in [5.74, 6) is -0.118. The van der Waals surface area contributed by atoms with E-state index in [1.54, 1.807) is 24.3 Å². The van der Waals surface area contributed by atoms with E-state index < -0.39 is 0 Å². The molecule has 0 heterocycles. The summed E-state index contributed by atoms with van der Waals surface area (Å²) >= 11 is 6.53. The highest BCUT2D eigenvalue weighted by Gasteiger charge is 2.07. The molecular formula is C14H12Br2FNO. The molecule has 0 spiro atoms. The van der Waals surface area contributed by atoms with E-state index in [0.29, 0.717) is 21.2 Å². The molecule has 0 unspecified atom stereocenters. The van der Waals surface area contributed by atoms with Crippen LogP contribution in [0.15, 0.2) is 39.3 Å². The Kier molecular flexibility index (Phi) is 4.47. The fourth-order valence-electron chi connectivity index (χ4n) is 1.69. The third kappa shape index (κ3) is 3.48. The lowest BCUT2D eigenvalue weighted by atomic mass is 10.2. The molecule has 0 aliphatic heterocycles. The zero-order chi connectivity index (χ0) is 14.0. The second-order valence-corrected chi connectivity index (χ2v) is 5.95. The Bertz CT molecular complexity index is 593. The second kappa shape index (κ2) is 5.92. The Morgan fingerprint density at radius 3 is 2.42 bits per heavy atom. The number of hydrogen-bond donors (Lipinski definition) is 2. The van der Waals surface area contributed by atoms with E-state index in [0.717, 1.165) is 11.1 Å². The van der Waals surface area contributed by atoms with Gasteiger partial charge in [-0.15, -0.1) is 0 Å². The number of phenols is 1. The van der Waals surface area contributed by atoms with Gasteiger partial charge in [-0.2, -0.15) is 0 Å². The Labute approximate surface area is 127 Å². The molecule has 2 rings (SSSR count). The number of hydrogen-bond acceptors (Lipinski definition) is 2. The van der Waals surface area contributed by atoms with Gasteiger partial charge >= 0.3 is 0 Å². The molecule has 0 bridgehead atoms. The van der Waals surface area contributed by atoms with Crippen molar-refractivity contribution in [1.29, 1.82) is 0 Å². The molecule has 2 N–H and O–H groups in total. The lowest BCUT2D eigenvalue weighted by molar-refractivity contribution is 0.468. The van der Waals surface area contributed by atoms with E-state index in [2.05, 4.69) is 37.2 Å². The summed E-state index contributed by atoms with van der Waals surface area (Å²) in [6.07, 6.45) is 0. The molecular weight excluding hydrogens is 377 g/mol. The molecule has 0 saturated carbocycles. The molecule has 2 nitrogen and oxygen atoms in total. The van der Waals surface area contributed by atoms with Gasteiger partial charge in [-0.1, -0.05) is 6.07 Å². The van der Waals surface area contributed by atoms with Crippen molar-refractivity contribution in [3.05, 3.63) is 56.2 Å². The van der Waals surface area contributed by atoms with E-state index in [1.165, 1.54) is 6.07 Å². The van der Waals surface area contributed by atoms with Gasteiger partial charge in [-0.25, -0.2) is 4.39 Å². The quantitative estimate of drug-likeness (QED) is 0.777. The standard InChI is InChI=1S/C14H12Br2FNO/c1-8-2-3-12(17)13(4-8)18-7-9-5-10(15)14(19)11(16)6-9/h2-6,18-19H,7H2,1H3. The van der Waals surface area contributed by atoms with Gasteiger partial charge < -0.3 is 10.4 Å². The number of benzene rings is 2. The summed E-state index contributed by atoms with van der Waals surface area (Å²) in [7, 11) is 0. The molecule has 2 aromatic rings. The molecule has 19 heavy (non-hydrogen) atoms. The lowest BCUT2D eigenvalue weighted by Crippen LogP contribution is -2.02. The third-order valence-corrected chi connectivity index (χ3v) is 3.89. The number of aryl methyl sites for hydroxylation is 1. The number of aromatic hydroxyl groups is 1. The molecule has 0 radical (unpaired) electrons. The van der Waals surface area contributed by atoms with Crippen LogP contribution in [0.25, 0.3) is 0 Å². The monoisotopic (exact) mass is 387 g/mol. The van der Waals surface area contributed by atoms with E-state index in [4.69, 9.17) is 0 Å². The lowest BCUT2D eigenvalue weighted by Gasteiger charge is -2.10. The average Bonchev–Trinajstić information content (AvgIpc) is 2.37. The average molecular weight is 389 g/mol. The SMILES string of the molecule is Cc1ccc(F)c(NCc2cc(Br)c(O)c(Br)c2)c1. The summed E-state index contributed by atoms with van der Waals surface area (Å²) in [6.45, 7) is 2.39. The molecule has 100 valence electrons. The van der Waals surface area contributed by atoms with E-state index >= 15 is 0 Å². The Balaban J connectivity index is 2.17. The van der Waals surface area contributed by atoms with Crippen LogP contribution in [0, 0.1) is 12.7 Å². The Hall–Kier alpha value is -1.07. The van der Waals surface area contributed by atoms with Gasteiger partial charge in [0, 0.05) is 6.54 Å². The van der Waals surface area contributed by atoms with Crippen LogP contribution >= 0.6 is 31.9 Å². The van der Waals surface area contributed by atoms with Crippen LogP contribution in [0.3, 0.4) is 0 Å². The normalized spacial score (nSPS) is 10.5.